The minimum absolute atomic E-state index is 0.00227. The van der Waals surface area contributed by atoms with E-state index in [1.54, 1.807) is 18.2 Å². The smallest absolute Gasteiger partial charge is 0.308 e. The Kier molecular flexibility index (Phi) is 8.10. The molecular formula is C52H34F3N3. The van der Waals surface area contributed by atoms with Gasteiger partial charge in [-0.2, -0.15) is 18.4 Å². The van der Waals surface area contributed by atoms with E-state index >= 15 is 0 Å². The molecule has 10 rings (SSSR count). The van der Waals surface area contributed by atoms with Gasteiger partial charge >= 0.3 is 6.18 Å². The largest absolute Gasteiger partial charge is 0.417 e. The Morgan fingerprint density at radius 1 is 0.448 bits per heavy atom. The Labute approximate surface area is 333 Å². The molecule has 0 spiro atoms. The van der Waals surface area contributed by atoms with E-state index < -0.39 is 11.7 Å². The van der Waals surface area contributed by atoms with E-state index in [-0.39, 0.29) is 11.1 Å². The molecule has 0 aliphatic carbocycles. The molecule has 58 heavy (non-hydrogen) atoms. The van der Waals surface area contributed by atoms with Gasteiger partial charge in [0.2, 0.25) is 0 Å². The van der Waals surface area contributed by atoms with E-state index in [0.717, 1.165) is 83.1 Å². The fraction of sp³-hybridized carbons (Fsp3) is 0.0577. The molecule has 0 bridgehead atoms. The molecule has 3 nitrogen and oxygen atoms in total. The second kappa shape index (κ2) is 13.4. The summed E-state index contributed by atoms with van der Waals surface area (Å²) in [4.78, 5) is 0. The Balaban J connectivity index is 1.35. The number of nitriles is 1. The maximum absolute atomic E-state index is 14.9. The number of para-hydroxylation sites is 2. The van der Waals surface area contributed by atoms with E-state index in [9.17, 15) is 18.4 Å². The molecule has 0 atom stereocenters. The fourth-order valence-electron chi connectivity index (χ4n) is 8.58. The van der Waals surface area contributed by atoms with E-state index in [1.807, 2.05) is 54.0 Å². The second-order valence-electron chi connectivity index (χ2n) is 14.9. The SMILES string of the molecule is Cc1ccc(-c2ccc3c4ccccc4n(-c4ccc(-c5ccccc5C(F)(F)F)c(-n5c6ccccc6c6ccc(-c7ccc(C)cc7)cc65)c4C#N)c3c2)cc1. The van der Waals surface area contributed by atoms with Crippen molar-refractivity contribution >= 4 is 43.6 Å². The Bertz CT molecular complexity index is 3290. The summed E-state index contributed by atoms with van der Waals surface area (Å²) in [7, 11) is 0. The lowest BCUT2D eigenvalue weighted by atomic mass is 9.94. The normalized spacial score (nSPS) is 11.9. The number of nitrogens with zero attached hydrogens (tertiary/aromatic N) is 3. The highest BCUT2D eigenvalue weighted by atomic mass is 19.4. The third-order valence-corrected chi connectivity index (χ3v) is 11.4. The maximum atomic E-state index is 14.9. The van der Waals surface area contributed by atoms with Gasteiger partial charge in [-0.15, -0.1) is 0 Å². The summed E-state index contributed by atoms with van der Waals surface area (Å²) < 4.78 is 48.9. The molecule has 10 aromatic rings. The molecule has 0 aliphatic heterocycles. The van der Waals surface area contributed by atoms with Crippen molar-refractivity contribution in [1.82, 2.24) is 9.13 Å². The number of fused-ring (bicyclic) bond motifs is 6. The molecular weight excluding hydrogens is 724 g/mol. The van der Waals surface area contributed by atoms with Crippen LogP contribution in [0, 0.1) is 25.2 Å². The standard InChI is InChI=1S/C52H34F3N3/c1-32-15-19-34(20-16-32)36-23-25-41-39-10-4-7-13-46(39)57(49(41)29-36)48-28-27-43(38-9-3-6-12-45(38)52(53,54)55)51(44(48)31-56)58-47-14-8-5-11-40(47)42-26-24-37(30-50(42)58)35-21-17-33(2)18-22-35/h3-30H,1-2H3. The van der Waals surface area contributed by atoms with Gasteiger partial charge in [0.15, 0.2) is 0 Å². The zero-order valence-electron chi connectivity index (χ0n) is 31.6. The van der Waals surface area contributed by atoms with Crippen LogP contribution in [0.1, 0.15) is 22.3 Å². The molecule has 0 radical (unpaired) electrons. The topological polar surface area (TPSA) is 33.6 Å². The fourth-order valence-corrected chi connectivity index (χ4v) is 8.58. The minimum atomic E-state index is -4.64. The average molecular weight is 758 g/mol. The van der Waals surface area contributed by atoms with Crippen LogP contribution in [-0.2, 0) is 6.18 Å². The first-order valence-corrected chi connectivity index (χ1v) is 19.1. The summed E-state index contributed by atoms with van der Waals surface area (Å²) >= 11 is 0. The zero-order chi connectivity index (χ0) is 39.7. The van der Waals surface area contributed by atoms with Crippen molar-refractivity contribution in [3.05, 3.63) is 192 Å². The molecule has 0 saturated carbocycles. The van der Waals surface area contributed by atoms with E-state index in [1.165, 1.54) is 12.1 Å². The summed E-state index contributed by atoms with van der Waals surface area (Å²) in [6, 6.07) is 57.0. The third kappa shape index (κ3) is 5.58. The van der Waals surface area contributed by atoms with Gasteiger partial charge in [0.1, 0.15) is 11.6 Å². The van der Waals surface area contributed by atoms with E-state index in [4.69, 9.17) is 0 Å². The van der Waals surface area contributed by atoms with Crippen molar-refractivity contribution in [3.8, 4) is 50.8 Å². The van der Waals surface area contributed by atoms with E-state index in [0.29, 0.717) is 16.9 Å². The third-order valence-electron chi connectivity index (χ3n) is 11.4. The quantitative estimate of drug-likeness (QED) is 0.172. The lowest BCUT2D eigenvalue weighted by molar-refractivity contribution is -0.137. The lowest BCUT2D eigenvalue weighted by Crippen LogP contribution is -2.10. The predicted molar refractivity (Wildman–Crippen MR) is 231 cm³/mol. The summed E-state index contributed by atoms with van der Waals surface area (Å²) in [6.07, 6.45) is -4.64. The number of aromatic nitrogens is 2. The zero-order valence-corrected chi connectivity index (χ0v) is 31.6. The average Bonchev–Trinajstić information content (AvgIpc) is 3.75. The highest BCUT2D eigenvalue weighted by Gasteiger charge is 2.35. The van der Waals surface area contributed by atoms with Crippen molar-refractivity contribution in [2.45, 2.75) is 20.0 Å². The first kappa shape index (κ1) is 35.1. The minimum Gasteiger partial charge on any atom is -0.308 e. The molecule has 0 unspecified atom stereocenters. The molecule has 0 amide bonds. The Morgan fingerprint density at radius 2 is 0.914 bits per heavy atom. The van der Waals surface area contributed by atoms with Crippen LogP contribution in [0.4, 0.5) is 13.2 Å². The summed E-state index contributed by atoms with van der Waals surface area (Å²) in [5, 5.41) is 15.4. The first-order chi connectivity index (χ1) is 28.2. The second-order valence-corrected chi connectivity index (χ2v) is 14.9. The van der Waals surface area contributed by atoms with Gasteiger partial charge in [-0.3, -0.25) is 0 Å². The van der Waals surface area contributed by atoms with Crippen LogP contribution in [-0.4, -0.2) is 9.13 Å². The van der Waals surface area contributed by atoms with Gasteiger partial charge in [0, 0.05) is 27.1 Å². The molecule has 6 heteroatoms. The summed E-state index contributed by atoms with van der Waals surface area (Å²) in [5.74, 6) is 0. The number of rotatable bonds is 5. The summed E-state index contributed by atoms with van der Waals surface area (Å²) in [5.41, 5.74) is 10.4. The summed E-state index contributed by atoms with van der Waals surface area (Å²) in [6.45, 7) is 4.10. The monoisotopic (exact) mass is 757 g/mol. The molecule has 278 valence electrons. The lowest BCUT2D eigenvalue weighted by Gasteiger charge is -2.22. The molecule has 0 saturated heterocycles. The van der Waals surface area contributed by atoms with Gasteiger partial charge < -0.3 is 9.13 Å². The van der Waals surface area contributed by atoms with Crippen LogP contribution >= 0.6 is 0 Å². The number of hydrogen-bond donors (Lipinski definition) is 0. The highest BCUT2D eigenvalue weighted by molar-refractivity contribution is 6.12. The van der Waals surface area contributed by atoms with Gasteiger partial charge in [-0.25, -0.2) is 0 Å². The van der Waals surface area contributed by atoms with Crippen molar-refractivity contribution < 1.29 is 13.2 Å². The molecule has 0 fully saturated rings. The van der Waals surface area contributed by atoms with Gasteiger partial charge in [0.25, 0.3) is 0 Å². The molecule has 2 aromatic heterocycles. The number of aryl methyl sites for hydroxylation is 2. The van der Waals surface area contributed by atoms with Crippen molar-refractivity contribution in [1.29, 1.82) is 5.26 Å². The van der Waals surface area contributed by atoms with Crippen molar-refractivity contribution in [2.24, 2.45) is 0 Å². The van der Waals surface area contributed by atoms with Gasteiger partial charge in [0.05, 0.1) is 39.0 Å². The maximum Gasteiger partial charge on any atom is 0.417 e. The molecule has 0 N–H and O–H groups in total. The van der Waals surface area contributed by atoms with Crippen LogP contribution in [0.2, 0.25) is 0 Å². The molecule has 2 heterocycles. The number of hydrogen-bond acceptors (Lipinski definition) is 1. The predicted octanol–water partition coefficient (Wildman–Crippen LogP) is 14.4. The van der Waals surface area contributed by atoms with Crippen LogP contribution in [0.15, 0.2) is 170 Å². The number of benzene rings is 8. The number of halogens is 3. The van der Waals surface area contributed by atoms with Crippen LogP contribution in [0.5, 0.6) is 0 Å². The Hall–Kier alpha value is -7.36. The van der Waals surface area contributed by atoms with Gasteiger partial charge in [-0.05, 0) is 78.1 Å². The Morgan fingerprint density at radius 3 is 1.47 bits per heavy atom. The van der Waals surface area contributed by atoms with Crippen molar-refractivity contribution in [3.63, 3.8) is 0 Å². The van der Waals surface area contributed by atoms with Gasteiger partial charge in [-0.1, -0.05) is 145 Å². The molecule has 8 aromatic carbocycles. The number of alkyl halides is 3. The highest BCUT2D eigenvalue weighted by Crippen LogP contribution is 2.45. The van der Waals surface area contributed by atoms with Crippen LogP contribution in [0.3, 0.4) is 0 Å². The first-order valence-electron chi connectivity index (χ1n) is 19.1. The van der Waals surface area contributed by atoms with Crippen LogP contribution < -0.4 is 0 Å². The van der Waals surface area contributed by atoms with Crippen molar-refractivity contribution in [2.75, 3.05) is 0 Å². The van der Waals surface area contributed by atoms with E-state index in [2.05, 4.69) is 109 Å². The van der Waals surface area contributed by atoms with Crippen LogP contribution in [0.25, 0.3) is 88.4 Å². The molecule has 0 aliphatic rings.